The lowest BCUT2D eigenvalue weighted by Crippen LogP contribution is -2.07. The van der Waals surface area contributed by atoms with Crippen LogP contribution in [-0.2, 0) is 31.2 Å². The number of aryl methyl sites for hydroxylation is 1. The lowest BCUT2D eigenvalue weighted by atomic mass is 9.95. The molecule has 3 heterocycles. The Morgan fingerprint density at radius 3 is 2.64 bits per heavy atom. The van der Waals surface area contributed by atoms with Crippen LogP contribution in [0.4, 0.5) is 14.5 Å². The molecule has 0 bridgehead atoms. The van der Waals surface area contributed by atoms with Gasteiger partial charge in [-0.1, -0.05) is 6.07 Å². The van der Waals surface area contributed by atoms with Gasteiger partial charge in [-0.05, 0) is 61.1 Å². The number of hydrogen-bond acceptors (Lipinski definition) is 7. The van der Waals surface area contributed by atoms with Crippen molar-refractivity contribution in [3.05, 3.63) is 88.3 Å². The molecule has 0 spiro atoms. The second kappa shape index (κ2) is 11.2. The Hall–Kier alpha value is -4.27. The molecule has 0 saturated heterocycles. The van der Waals surface area contributed by atoms with E-state index >= 15 is 4.39 Å². The van der Waals surface area contributed by atoms with Crippen molar-refractivity contribution in [1.82, 2.24) is 24.5 Å². The van der Waals surface area contributed by atoms with Gasteiger partial charge in [-0.3, -0.25) is 8.89 Å². The number of aromatic carboxylic acids is 1. The second-order valence-electron chi connectivity index (χ2n) is 10.1. The number of carbonyl (C=O) groups is 1. The minimum atomic E-state index is -2.60. The van der Waals surface area contributed by atoms with Crippen LogP contribution in [0.15, 0.2) is 54.2 Å². The van der Waals surface area contributed by atoms with E-state index in [-0.39, 0.29) is 17.8 Å². The number of halogens is 2. The standard InChI is InChI=1S/C28H24F2N6O4S2/c1-35-13-18(12-31-35)20-10-17(5-7-22(20)29)26-21(9-16-4-6-19(11-23(16)30)34-42(39)40)25(8-15-2-3-15)36(33-26)28-32-24(14-41-28)27(37)38/h4-7,10-15,34H,2-3,8-9H2,1H3,(H,37,38)(H,39,40)/p-1. The third-order valence-corrected chi connectivity index (χ3v) is 8.26. The zero-order valence-electron chi connectivity index (χ0n) is 22.1. The predicted molar refractivity (Wildman–Crippen MR) is 152 cm³/mol. The normalized spacial score (nSPS) is 13.8. The van der Waals surface area contributed by atoms with Crippen LogP contribution < -0.4 is 4.72 Å². The Morgan fingerprint density at radius 2 is 2.00 bits per heavy atom. The van der Waals surface area contributed by atoms with Crippen LogP contribution in [0.1, 0.15) is 40.2 Å². The van der Waals surface area contributed by atoms with Crippen LogP contribution >= 0.6 is 11.3 Å². The molecule has 0 radical (unpaired) electrons. The molecule has 216 valence electrons. The number of nitrogens with one attached hydrogen (secondary N) is 1. The van der Waals surface area contributed by atoms with Crippen molar-refractivity contribution >= 4 is 34.3 Å². The summed E-state index contributed by atoms with van der Waals surface area (Å²) in [5.41, 5.74) is 3.67. The third-order valence-electron chi connectivity index (χ3n) is 7.04. The van der Waals surface area contributed by atoms with Gasteiger partial charge in [0.15, 0.2) is 5.69 Å². The SMILES string of the molecule is Cn1cc(-c2cc(-c3nn(-c4nc(C(=O)O)cs4)c(CC4CC4)c3Cc3ccc(NS(=O)[O-])cc3F)ccc2F)cn1. The summed E-state index contributed by atoms with van der Waals surface area (Å²) in [6, 6.07) is 8.69. The maximum absolute atomic E-state index is 15.3. The largest absolute Gasteiger partial charge is 0.755 e. The van der Waals surface area contributed by atoms with Gasteiger partial charge in [-0.2, -0.15) is 10.2 Å². The van der Waals surface area contributed by atoms with E-state index in [1.165, 1.54) is 23.6 Å². The van der Waals surface area contributed by atoms with E-state index in [9.17, 15) is 23.1 Å². The van der Waals surface area contributed by atoms with Crippen LogP contribution in [0.25, 0.3) is 27.5 Å². The second-order valence-corrected chi connectivity index (χ2v) is 11.6. The molecule has 1 unspecified atom stereocenters. The molecule has 10 nitrogen and oxygen atoms in total. The van der Waals surface area contributed by atoms with Crippen molar-refractivity contribution < 1.29 is 27.4 Å². The molecular weight excluding hydrogens is 586 g/mol. The maximum atomic E-state index is 15.3. The number of anilines is 1. The molecule has 5 aromatic rings. The fourth-order valence-corrected chi connectivity index (χ4v) is 5.91. The minimum absolute atomic E-state index is 0.0855. The number of carboxylic acid groups (broad SMARTS) is 1. The van der Waals surface area contributed by atoms with Crippen LogP contribution in [0.5, 0.6) is 0 Å². The monoisotopic (exact) mass is 609 g/mol. The molecule has 1 aliphatic rings. The number of rotatable bonds is 10. The highest BCUT2D eigenvalue weighted by molar-refractivity contribution is 7.80. The topological polar surface area (TPSA) is 138 Å². The summed E-state index contributed by atoms with van der Waals surface area (Å²) in [5, 5.41) is 20.3. The molecule has 2 N–H and O–H groups in total. The molecule has 2 aromatic carbocycles. The number of carboxylic acids is 1. The Morgan fingerprint density at radius 1 is 1.19 bits per heavy atom. The average Bonchev–Trinajstić information content (AvgIpc) is 3.29. The average molecular weight is 610 g/mol. The highest BCUT2D eigenvalue weighted by Crippen LogP contribution is 2.39. The number of hydrogen-bond donors (Lipinski definition) is 2. The minimum Gasteiger partial charge on any atom is -0.755 e. The van der Waals surface area contributed by atoms with Crippen molar-refractivity contribution in [3.8, 4) is 27.5 Å². The van der Waals surface area contributed by atoms with Gasteiger partial charge in [0.05, 0.1) is 17.6 Å². The maximum Gasteiger partial charge on any atom is 0.355 e. The predicted octanol–water partition coefficient (Wildman–Crippen LogP) is 5.12. The van der Waals surface area contributed by atoms with Crippen LogP contribution in [0.2, 0.25) is 0 Å². The lowest BCUT2D eigenvalue weighted by Gasteiger charge is -2.12. The number of benzene rings is 2. The van der Waals surface area contributed by atoms with Crippen molar-refractivity contribution in [2.75, 3.05) is 4.72 Å². The molecular formula is C28H23F2N6O4S2-. The third kappa shape index (κ3) is 5.73. The van der Waals surface area contributed by atoms with Crippen LogP contribution in [0.3, 0.4) is 0 Å². The van der Waals surface area contributed by atoms with Gasteiger partial charge in [0.2, 0.25) is 5.13 Å². The summed E-state index contributed by atoms with van der Waals surface area (Å²) < 4.78 is 57.7. The van der Waals surface area contributed by atoms with Crippen molar-refractivity contribution in [3.63, 3.8) is 0 Å². The number of nitrogens with zero attached hydrogens (tertiary/aromatic N) is 5. The van der Waals surface area contributed by atoms with E-state index in [1.54, 1.807) is 40.9 Å². The van der Waals surface area contributed by atoms with Gasteiger partial charge in [0, 0.05) is 64.3 Å². The number of thiazole rings is 1. The quantitative estimate of drug-likeness (QED) is 0.210. The van der Waals surface area contributed by atoms with E-state index in [0.29, 0.717) is 51.0 Å². The van der Waals surface area contributed by atoms with Crippen LogP contribution in [0, 0.1) is 17.6 Å². The molecule has 14 heteroatoms. The van der Waals surface area contributed by atoms with Crippen molar-refractivity contribution in [1.29, 1.82) is 0 Å². The number of aromatic nitrogens is 5. The first-order valence-electron chi connectivity index (χ1n) is 12.9. The Kier molecular flexibility index (Phi) is 7.43. The Bertz CT molecular complexity index is 1850. The highest BCUT2D eigenvalue weighted by atomic mass is 32.2. The van der Waals surface area contributed by atoms with Crippen LogP contribution in [-0.4, -0.2) is 44.4 Å². The molecule has 3 aromatic heterocycles. The van der Waals surface area contributed by atoms with E-state index in [4.69, 9.17) is 5.10 Å². The molecule has 6 rings (SSSR count). The molecule has 42 heavy (non-hydrogen) atoms. The van der Waals surface area contributed by atoms with E-state index < -0.39 is 28.9 Å². The summed E-state index contributed by atoms with van der Waals surface area (Å²) in [4.78, 5) is 15.8. The van der Waals surface area contributed by atoms with Gasteiger partial charge < -0.3 is 14.4 Å². The summed E-state index contributed by atoms with van der Waals surface area (Å²) >= 11 is -1.47. The molecule has 0 amide bonds. The zero-order valence-corrected chi connectivity index (χ0v) is 23.7. The summed E-state index contributed by atoms with van der Waals surface area (Å²) in [6.45, 7) is 0. The Labute approximate surface area is 245 Å². The lowest BCUT2D eigenvalue weighted by molar-refractivity contribution is 0.0691. The van der Waals surface area contributed by atoms with E-state index in [2.05, 4.69) is 14.8 Å². The highest BCUT2D eigenvalue weighted by Gasteiger charge is 2.30. The fraction of sp³-hybridized carbons (Fsp3) is 0.214. The molecule has 0 aliphatic heterocycles. The smallest absolute Gasteiger partial charge is 0.355 e. The zero-order chi connectivity index (χ0) is 29.5. The summed E-state index contributed by atoms with van der Waals surface area (Å²) in [5.74, 6) is -1.84. The fourth-order valence-electron chi connectivity index (χ4n) is 4.82. The first-order valence-corrected chi connectivity index (χ1v) is 14.8. The molecule has 1 fully saturated rings. The Balaban J connectivity index is 1.52. The van der Waals surface area contributed by atoms with Gasteiger partial charge in [0.1, 0.15) is 11.6 Å². The first kappa shape index (κ1) is 27.9. The molecule has 1 atom stereocenters. The first-order chi connectivity index (χ1) is 20.2. The van der Waals surface area contributed by atoms with E-state index in [1.807, 2.05) is 0 Å². The van der Waals surface area contributed by atoms with Crippen molar-refractivity contribution in [2.24, 2.45) is 13.0 Å². The molecule has 1 aliphatic carbocycles. The molecule has 1 saturated carbocycles. The summed E-state index contributed by atoms with van der Waals surface area (Å²) in [7, 11) is 1.73. The van der Waals surface area contributed by atoms with Gasteiger partial charge in [0.25, 0.3) is 0 Å². The summed E-state index contributed by atoms with van der Waals surface area (Å²) in [6.07, 6.45) is 5.99. The van der Waals surface area contributed by atoms with Crippen molar-refractivity contribution in [2.45, 2.75) is 25.7 Å². The van der Waals surface area contributed by atoms with Gasteiger partial charge in [-0.15, -0.1) is 11.3 Å². The van der Waals surface area contributed by atoms with E-state index in [0.717, 1.165) is 35.9 Å². The van der Waals surface area contributed by atoms with Gasteiger partial charge >= 0.3 is 5.97 Å². The van der Waals surface area contributed by atoms with Gasteiger partial charge in [-0.25, -0.2) is 23.2 Å².